The standard InChI is InChI=1S/C20H27N3O3/c1-3-26-19(24)17-16(13-23-12-8-7-9-14(23)2)21-20(25)22-18(17)15-10-5-4-6-11-15/h4-6,10-11,14,18H,3,7-9,12-13H2,1-2H3,(H2,21,22,25). The van der Waals surface area contributed by atoms with E-state index in [0.29, 0.717) is 30.5 Å². The molecule has 0 aromatic heterocycles. The van der Waals surface area contributed by atoms with Crippen LogP contribution in [0.1, 0.15) is 44.7 Å². The fraction of sp³-hybridized carbons (Fsp3) is 0.500. The van der Waals surface area contributed by atoms with Crippen LogP contribution in [0.4, 0.5) is 4.79 Å². The molecule has 0 aliphatic carbocycles. The van der Waals surface area contributed by atoms with Crippen molar-refractivity contribution in [3.8, 4) is 0 Å². The number of nitrogens with one attached hydrogen (secondary N) is 2. The summed E-state index contributed by atoms with van der Waals surface area (Å²) in [4.78, 5) is 27.3. The molecule has 2 aliphatic rings. The van der Waals surface area contributed by atoms with Gasteiger partial charge in [-0.3, -0.25) is 4.90 Å². The minimum Gasteiger partial charge on any atom is -0.463 e. The van der Waals surface area contributed by atoms with Crippen molar-refractivity contribution in [1.29, 1.82) is 0 Å². The first kappa shape index (κ1) is 18.5. The molecule has 2 aliphatic heterocycles. The minimum atomic E-state index is -0.501. The maximum atomic E-state index is 12.7. The van der Waals surface area contributed by atoms with Gasteiger partial charge in [0.1, 0.15) is 0 Å². The van der Waals surface area contributed by atoms with Crippen molar-refractivity contribution in [1.82, 2.24) is 15.5 Å². The number of urea groups is 1. The highest BCUT2D eigenvalue weighted by molar-refractivity contribution is 5.95. The van der Waals surface area contributed by atoms with Gasteiger partial charge in [0.15, 0.2) is 0 Å². The molecular weight excluding hydrogens is 330 g/mol. The van der Waals surface area contributed by atoms with Gasteiger partial charge in [0.2, 0.25) is 0 Å². The summed E-state index contributed by atoms with van der Waals surface area (Å²) in [7, 11) is 0. The smallest absolute Gasteiger partial charge is 0.338 e. The van der Waals surface area contributed by atoms with Gasteiger partial charge >= 0.3 is 12.0 Å². The van der Waals surface area contributed by atoms with Crippen LogP contribution in [0.25, 0.3) is 0 Å². The van der Waals surface area contributed by atoms with Crippen LogP contribution in [0.3, 0.4) is 0 Å². The van der Waals surface area contributed by atoms with Crippen molar-refractivity contribution in [3.05, 3.63) is 47.2 Å². The summed E-state index contributed by atoms with van der Waals surface area (Å²) < 4.78 is 5.31. The third-order valence-corrected chi connectivity index (χ3v) is 5.08. The van der Waals surface area contributed by atoms with Crippen LogP contribution in [0.2, 0.25) is 0 Å². The lowest BCUT2D eigenvalue weighted by atomic mass is 9.94. The predicted octanol–water partition coefficient (Wildman–Crippen LogP) is 2.73. The normalized spacial score (nSPS) is 24.0. The van der Waals surface area contributed by atoms with E-state index in [-0.39, 0.29) is 12.0 Å². The maximum absolute atomic E-state index is 12.7. The summed E-state index contributed by atoms with van der Waals surface area (Å²) >= 11 is 0. The molecule has 0 spiro atoms. The number of benzene rings is 1. The van der Waals surface area contributed by atoms with Gasteiger partial charge in [-0.1, -0.05) is 36.8 Å². The van der Waals surface area contributed by atoms with Crippen molar-refractivity contribution >= 4 is 12.0 Å². The number of likely N-dealkylation sites (tertiary alicyclic amines) is 1. The zero-order valence-electron chi connectivity index (χ0n) is 15.5. The third kappa shape index (κ3) is 4.07. The van der Waals surface area contributed by atoms with E-state index >= 15 is 0 Å². The van der Waals surface area contributed by atoms with E-state index < -0.39 is 6.04 Å². The lowest BCUT2D eigenvalue weighted by molar-refractivity contribution is -0.139. The van der Waals surface area contributed by atoms with Gasteiger partial charge in [0.25, 0.3) is 0 Å². The number of nitrogens with zero attached hydrogens (tertiary/aromatic N) is 1. The fourth-order valence-corrected chi connectivity index (χ4v) is 3.68. The van der Waals surface area contributed by atoms with Gasteiger partial charge in [-0.2, -0.15) is 0 Å². The molecule has 6 nitrogen and oxygen atoms in total. The Labute approximate surface area is 154 Å². The number of hydrogen-bond donors (Lipinski definition) is 2. The van der Waals surface area contributed by atoms with E-state index in [9.17, 15) is 9.59 Å². The zero-order valence-corrected chi connectivity index (χ0v) is 15.5. The molecule has 6 heteroatoms. The molecule has 2 atom stereocenters. The van der Waals surface area contributed by atoms with Gasteiger partial charge in [0.05, 0.1) is 18.2 Å². The lowest BCUT2D eigenvalue weighted by Gasteiger charge is -2.36. The summed E-state index contributed by atoms with van der Waals surface area (Å²) in [6, 6.07) is 9.19. The average molecular weight is 357 g/mol. The molecule has 3 rings (SSSR count). The van der Waals surface area contributed by atoms with Gasteiger partial charge in [-0.15, -0.1) is 0 Å². The van der Waals surface area contributed by atoms with Crippen molar-refractivity contribution in [3.63, 3.8) is 0 Å². The van der Waals surface area contributed by atoms with Gasteiger partial charge in [0, 0.05) is 18.3 Å². The molecule has 0 bridgehead atoms. The summed E-state index contributed by atoms with van der Waals surface area (Å²) in [5.41, 5.74) is 2.01. The molecule has 2 amide bonds. The predicted molar refractivity (Wildman–Crippen MR) is 99.4 cm³/mol. The molecule has 1 aromatic carbocycles. The van der Waals surface area contributed by atoms with E-state index in [1.807, 2.05) is 30.3 Å². The fourth-order valence-electron chi connectivity index (χ4n) is 3.68. The molecule has 1 aromatic rings. The molecule has 26 heavy (non-hydrogen) atoms. The van der Waals surface area contributed by atoms with Crippen molar-refractivity contribution in [2.75, 3.05) is 19.7 Å². The van der Waals surface area contributed by atoms with Crippen molar-refractivity contribution in [2.24, 2.45) is 0 Å². The van der Waals surface area contributed by atoms with E-state index in [4.69, 9.17) is 4.74 Å². The van der Waals surface area contributed by atoms with Gasteiger partial charge < -0.3 is 15.4 Å². The maximum Gasteiger partial charge on any atom is 0.338 e. The number of ether oxygens (including phenoxy) is 1. The Morgan fingerprint density at radius 3 is 2.73 bits per heavy atom. The topological polar surface area (TPSA) is 70.7 Å². The van der Waals surface area contributed by atoms with Crippen LogP contribution in [-0.4, -0.2) is 42.6 Å². The highest BCUT2D eigenvalue weighted by atomic mass is 16.5. The second kappa shape index (κ2) is 8.36. The van der Waals surface area contributed by atoms with Gasteiger partial charge in [-0.05, 0) is 38.8 Å². The second-order valence-electron chi connectivity index (χ2n) is 6.87. The summed E-state index contributed by atoms with van der Waals surface area (Å²) in [5.74, 6) is -0.381. The highest BCUT2D eigenvalue weighted by Crippen LogP contribution is 2.29. The van der Waals surface area contributed by atoms with Crippen molar-refractivity contribution in [2.45, 2.75) is 45.2 Å². The van der Waals surface area contributed by atoms with Crippen LogP contribution in [0.15, 0.2) is 41.6 Å². The molecule has 0 radical (unpaired) electrons. The summed E-state index contributed by atoms with van der Waals surface area (Å²) in [6.45, 7) is 5.80. The molecule has 2 heterocycles. The second-order valence-corrected chi connectivity index (χ2v) is 6.87. The molecule has 140 valence electrons. The highest BCUT2D eigenvalue weighted by Gasteiger charge is 2.34. The molecular formula is C20H27N3O3. The summed E-state index contributed by atoms with van der Waals surface area (Å²) in [5, 5.41) is 5.73. The first-order valence-corrected chi connectivity index (χ1v) is 9.36. The molecule has 1 saturated heterocycles. The van der Waals surface area contributed by atoms with Gasteiger partial charge in [-0.25, -0.2) is 9.59 Å². The Balaban J connectivity index is 1.98. The zero-order chi connectivity index (χ0) is 18.5. The Kier molecular flexibility index (Phi) is 5.93. The van der Waals surface area contributed by atoms with Crippen LogP contribution >= 0.6 is 0 Å². The third-order valence-electron chi connectivity index (χ3n) is 5.08. The SMILES string of the molecule is CCOC(=O)C1=C(CN2CCCCC2C)NC(=O)NC1c1ccccc1. The first-order valence-electron chi connectivity index (χ1n) is 9.36. The van der Waals surface area contributed by atoms with Crippen LogP contribution in [-0.2, 0) is 9.53 Å². The van der Waals surface area contributed by atoms with Crippen molar-refractivity contribution < 1.29 is 14.3 Å². The number of amides is 2. The Hall–Kier alpha value is -2.34. The lowest BCUT2D eigenvalue weighted by Crippen LogP contribution is -2.50. The van der Waals surface area contributed by atoms with E-state index in [2.05, 4.69) is 22.5 Å². The summed E-state index contributed by atoms with van der Waals surface area (Å²) in [6.07, 6.45) is 3.50. The average Bonchev–Trinajstić information content (AvgIpc) is 2.64. The quantitative estimate of drug-likeness (QED) is 0.795. The Bertz CT molecular complexity index is 687. The number of carbonyl (C=O) groups is 2. The molecule has 2 N–H and O–H groups in total. The largest absolute Gasteiger partial charge is 0.463 e. The van der Waals surface area contributed by atoms with Crippen LogP contribution in [0.5, 0.6) is 0 Å². The Morgan fingerprint density at radius 2 is 2.04 bits per heavy atom. The van der Waals surface area contributed by atoms with E-state index in [1.54, 1.807) is 6.92 Å². The van der Waals surface area contributed by atoms with E-state index in [0.717, 1.165) is 24.9 Å². The number of esters is 1. The number of rotatable bonds is 5. The van der Waals surface area contributed by atoms with Crippen LogP contribution < -0.4 is 10.6 Å². The number of carbonyl (C=O) groups excluding carboxylic acids is 2. The minimum absolute atomic E-state index is 0.286. The Morgan fingerprint density at radius 1 is 1.27 bits per heavy atom. The molecule has 0 saturated carbocycles. The molecule has 2 unspecified atom stereocenters. The van der Waals surface area contributed by atoms with Crippen LogP contribution in [0, 0.1) is 0 Å². The number of hydrogen-bond acceptors (Lipinski definition) is 4. The van der Waals surface area contributed by atoms with E-state index in [1.165, 1.54) is 6.42 Å². The number of piperidine rings is 1. The molecule has 1 fully saturated rings. The monoisotopic (exact) mass is 357 g/mol. The first-order chi connectivity index (χ1) is 12.6.